The number of hydrogen-bond acceptors (Lipinski definition) is 8. The van der Waals surface area contributed by atoms with E-state index in [0.29, 0.717) is 9.21 Å². The molecule has 0 radical (unpaired) electrons. The SMILES string of the molecule is CNc1cc2[nH]c(=O)n(-c3ccc(C(=O)NC(c4nsc(=O)[nH]4)c4ccc(Cl)s4)cc3)c(=O)c2cc1F. The Morgan fingerprint density at radius 2 is 1.86 bits per heavy atom. The molecule has 3 aromatic heterocycles. The molecule has 188 valence electrons. The van der Waals surface area contributed by atoms with E-state index < -0.39 is 29.0 Å². The zero-order valence-electron chi connectivity index (χ0n) is 18.8. The van der Waals surface area contributed by atoms with E-state index in [1.807, 2.05) is 0 Å². The van der Waals surface area contributed by atoms with Crippen molar-refractivity contribution in [3.63, 3.8) is 0 Å². The number of H-pyrrole nitrogens is 2. The molecule has 1 amide bonds. The predicted octanol–water partition coefficient (Wildman–Crippen LogP) is 3.24. The number of aromatic nitrogens is 4. The highest BCUT2D eigenvalue weighted by atomic mass is 35.5. The van der Waals surface area contributed by atoms with Gasteiger partial charge in [-0.3, -0.25) is 19.4 Å². The lowest BCUT2D eigenvalue weighted by atomic mass is 10.1. The monoisotopic (exact) mass is 558 g/mol. The van der Waals surface area contributed by atoms with Gasteiger partial charge in [0.2, 0.25) is 0 Å². The van der Waals surface area contributed by atoms with Crippen LogP contribution in [-0.2, 0) is 0 Å². The number of carbonyl (C=O) groups excluding carboxylic acids is 1. The fourth-order valence-corrected chi connectivity index (χ4v) is 5.36. The summed E-state index contributed by atoms with van der Waals surface area (Å²) in [6.07, 6.45) is 0. The standard InChI is InChI=1S/C23H16ClFN6O4S2/c1-26-15-9-14-12(8-13(15)25)21(33)31(22(34)27-14)11-4-2-10(3-5-11)20(32)28-18(16-6-7-17(24)36-16)19-29-23(35)37-30-19/h2-9,18,26H,1H3,(H,27,34)(H,28,32)(H,29,30,35). The molecule has 5 aromatic rings. The van der Waals surface area contributed by atoms with Gasteiger partial charge in [0.25, 0.3) is 11.5 Å². The number of hydrogen-bond donors (Lipinski definition) is 4. The molecular formula is C23H16ClFN6O4S2. The third-order valence-electron chi connectivity index (χ3n) is 5.53. The summed E-state index contributed by atoms with van der Waals surface area (Å²) in [6, 6.07) is 10.8. The minimum Gasteiger partial charge on any atom is -0.386 e. The van der Waals surface area contributed by atoms with E-state index in [4.69, 9.17) is 11.6 Å². The van der Waals surface area contributed by atoms with Gasteiger partial charge in [-0.05, 0) is 48.5 Å². The van der Waals surface area contributed by atoms with Gasteiger partial charge in [-0.1, -0.05) is 11.6 Å². The summed E-state index contributed by atoms with van der Waals surface area (Å²) in [5, 5.41) is 5.47. The van der Waals surface area contributed by atoms with Crippen LogP contribution in [0.15, 0.2) is 62.9 Å². The van der Waals surface area contributed by atoms with Crippen molar-refractivity contribution >= 4 is 57.0 Å². The number of carbonyl (C=O) groups is 1. The average Bonchev–Trinajstić information content (AvgIpc) is 3.51. The number of nitrogens with zero attached hydrogens (tertiary/aromatic N) is 2. The fourth-order valence-electron chi connectivity index (χ4n) is 3.76. The maximum absolute atomic E-state index is 14.3. The van der Waals surface area contributed by atoms with Crippen LogP contribution in [-0.4, -0.2) is 31.9 Å². The summed E-state index contributed by atoms with van der Waals surface area (Å²) in [4.78, 5) is 55.9. The van der Waals surface area contributed by atoms with E-state index in [2.05, 4.69) is 25.0 Å². The molecule has 0 aliphatic heterocycles. The van der Waals surface area contributed by atoms with Crippen LogP contribution >= 0.6 is 34.5 Å². The number of aromatic amines is 2. The van der Waals surface area contributed by atoms with E-state index in [0.717, 1.165) is 22.2 Å². The van der Waals surface area contributed by atoms with Gasteiger partial charge in [-0.2, -0.15) is 4.37 Å². The first kappa shape index (κ1) is 24.6. The molecule has 0 fully saturated rings. The molecule has 0 aliphatic carbocycles. The van der Waals surface area contributed by atoms with Crippen LogP contribution in [0.1, 0.15) is 27.1 Å². The van der Waals surface area contributed by atoms with E-state index in [1.165, 1.54) is 48.7 Å². The summed E-state index contributed by atoms with van der Waals surface area (Å²) < 4.78 is 19.7. The minimum absolute atomic E-state index is 0.00683. The second-order valence-electron chi connectivity index (χ2n) is 7.77. The molecule has 0 spiro atoms. The third-order valence-corrected chi connectivity index (χ3v) is 7.38. The van der Waals surface area contributed by atoms with Gasteiger partial charge in [-0.25, -0.2) is 13.8 Å². The first-order chi connectivity index (χ1) is 17.7. The molecule has 37 heavy (non-hydrogen) atoms. The molecule has 3 heterocycles. The van der Waals surface area contributed by atoms with Gasteiger partial charge >= 0.3 is 10.6 Å². The quantitative estimate of drug-likeness (QED) is 0.252. The molecule has 2 aromatic carbocycles. The van der Waals surface area contributed by atoms with E-state index >= 15 is 0 Å². The van der Waals surface area contributed by atoms with Gasteiger partial charge in [0, 0.05) is 29.0 Å². The highest BCUT2D eigenvalue weighted by molar-refractivity contribution is 7.16. The lowest BCUT2D eigenvalue weighted by Gasteiger charge is -2.15. The van der Waals surface area contributed by atoms with Crippen LogP contribution in [0.5, 0.6) is 0 Å². The molecule has 0 saturated carbocycles. The van der Waals surface area contributed by atoms with Crippen LogP contribution in [0.3, 0.4) is 0 Å². The van der Waals surface area contributed by atoms with Crippen LogP contribution in [0.25, 0.3) is 16.6 Å². The second kappa shape index (κ2) is 9.76. The van der Waals surface area contributed by atoms with Gasteiger partial charge in [0.05, 0.1) is 26.6 Å². The highest BCUT2D eigenvalue weighted by Crippen LogP contribution is 2.30. The molecule has 1 atom stereocenters. The Morgan fingerprint density at radius 1 is 1.11 bits per heavy atom. The largest absolute Gasteiger partial charge is 0.386 e. The van der Waals surface area contributed by atoms with Crippen LogP contribution in [0.4, 0.5) is 10.1 Å². The summed E-state index contributed by atoms with van der Waals surface area (Å²) in [6.45, 7) is 0. The van der Waals surface area contributed by atoms with E-state index in [-0.39, 0.29) is 38.5 Å². The van der Waals surface area contributed by atoms with Crippen molar-refractivity contribution < 1.29 is 9.18 Å². The number of amides is 1. The van der Waals surface area contributed by atoms with E-state index in [1.54, 1.807) is 12.1 Å². The Hall–Kier alpha value is -4.07. The maximum atomic E-state index is 14.3. The molecule has 0 bridgehead atoms. The Morgan fingerprint density at radius 3 is 2.49 bits per heavy atom. The number of fused-ring (bicyclic) bond motifs is 1. The molecule has 5 rings (SSSR count). The van der Waals surface area contributed by atoms with Gasteiger partial charge in [0.15, 0.2) is 5.82 Å². The van der Waals surface area contributed by atoms with Gasteiger partial charge in [-0.15, -0.1) is 11.3 Å². The number of nitrogens with one attached hydrogen (secondary N) is 4. The lowest BCUT2D eigenvalue weighted by molar-refractivity contribution is 0.0942. The van der Waals surface area contributed by atoms with Crippen LogP contribution < -0.4 is 26.8 Å². The molecule has 14 heteroatoms. The van der Waals surface area contributed by atoms with Gasteiger partial charge in [0.1, 0.15) is 11.9 Å². The maximum Gasteiger partial charge on any atom is 0.333 e. The Balaban J connectivity index is 1.47. The highest BCUT2D eigenvalue weighted by Gasteiger charge is 2.23. The number of halogens is 2. The Bertz CT molecular complexity index is 1820. The normalized spacial score (nSPS) is 12.0. The lowest BCUT2D eigenvalue weighted by Crippen LogP contribution is -2.34. The number of benzene rings is 2. The number of thiophene rings is 1. The van der Waals surface area contributed by atoms with Crippen molar-refractivity contribution in [1.29, 1.82) is 0 Å². The average molecular weight is 559 g/mol. The first-order valence-electron chi connectivity index (χ1n) is 10.6. The molecule has 10 nitrogen and oxygen atoms in total. The summed E-state index contributed by atoms with van der Waals surface area (Å²) >= 11 is 8.01. The fraction of sp³-hybridized carbons (Fsp3) is 0.0870. The smallest absolute Gasteiger partial charge is 0.333 e. The zero-order valence-corrected chi connectivity index (χ0v) is 21.2. The van der Waals surface area contributed by atoms with E-state index in [9.17, 15) is 23.6 Å². The first-order valence-corrected chi connectivity index (χ1v) is 12.6. The topological polar surface area (TPSA) is 142 Å². The number of rotatable bonds is 6. The van der Waals surface area contributed by atoms with Gasteiger partial charge < -0.3 is 15.6 Å². The second-order valence-corrected chi connectivity index (χ2v) is 10.3. The molecular weight excluding hydrogens is 543 g/mol. The molecule has 4 N–H and O–H groups in total. The van der Waals surface area contributed by atoms with Crippen molar-refractivity contribution in [3.8, 4) is 5.69 Å². The van der Waals surface area contributed by atoms with Crippen molar-refractivity contribution in [1.82, 2.24) is 24.2 Å². The summed E-state index contributed by atoms with van der Waals surface area (Å²) in [5.74, 6) is -0.862. The predicted molar refractivity (Wildman–Crippen MR) is 141 cm³/mol. The molecule has 1 unspecified atom stereocenters. The zero-order chi connectivity index (χ0) is 26.3. The Kier molecular flexibility index (Phi) is 6.50. The summed E-state index contributed by atoms with van der Waals surface area (Å²) in [7, 11) is 1.52. The van der Waals surface area contributed by atoms with Crippen LogP contribution in [0.2, 0.25) is 4.34 Å². The number of anilines is 1. The summed E-state index contributed by atoms with van der Waals surface area (Å²) in [5.41, 5.74) is -0.685. The van der Waals surface area contributed by atoms with Crippen molar-refractivity contribution in [2.45, 2.75) is 6.04 Å². The van der Waals surface area contributed by atoms with Crippen molar-refractivity contribution in [2.75, 3.05) is 12.4 Å². The van der Waals surface area contributed by atoms with Crippen molar-refractivity contribution in [3.05, 3.63) is 105 Å². The minimum atomic E-state index is -0.744. The third kappa shape index (κ3) is 4.71. The molecule has 0 saturated heterocycles. The Labute approximate surface area is 219 Å². The van der Waals surface area contributed by atoms with Crippen molar-refractivity contribution in [2.24, 2.45) is 0 Å². The van der Waals surface area contributed by atoms with Crippen LogP contribution in [0, 0.1) is 5.82 Å². The molecule has 0 aliphatic rings.